The fourth-order valence-electron chi connectivity index (χ4n) is 2.04. The molecular weight excluding hydrogens is 270 g/mol. The first kappa shape index (κ1) is 17.3. The molecule has 4 N–H and O–H groups in total. The van der Waals surface area contributed by atoms with Crippen LogP contribution in [0.5, 0.6) is 0 Å². The molecule has 0 saturated carbocycles. The van der Waals surface area contributed by atoms with E-state index in [9.17, 15) is 9.59 Å². The van der Waals surface area contributed by atoms with Crippen LogP contribution in [-0.4, -0.2) is 41.1 Å². The monoisotopic (exact) mass is 297 g/mol. The van der Waals surface area contributed by atoms with Crippen molar-refractivity contribution in [1.29, 1.82) is 0 Å². The van der Waals surface area contributed by atoms with Crippen molar-refractivity contribution in [2.24, 2.45) is 0 Å². The average Bonchev–Trinajstić information content (AvgIpc) is 2.41. The Morgan fingerprint density at radius 3 is 2.62 bits per heavy atom. The smallest absolute Gasteiger partial charge is 0.330 e. The Morgan fingerprint density at radius 2 is 2.05 bits per heavy atom. The first-order chi connectivity index (χ1) is 9.86. The van der Waals surface area contributed by atoms with Gasteiger partial charge in [-0.25, -0.2) is 4.79 Å². The zero-order valence-corrected chi connectivity index (χ0v) is 13.4. The van der Waals surface area contributed by atoms with Crippen LogP contribution in [0, 0.1) is 0 Å². The van der Waals surface area contributed by atoms with Crippen LogP contribution >= 0.6 is 0 Å². The standard InChI is InChI=1S/C14H27N5O2/c1-5-6-8-19-12(15)11(13(20)17-14(19)21)16-10(2)7-9-18(3)4/h10,16H,5-9,15H2,1-4H3,(H,17,20,21). The number of rotatable bonds is 8. The van der Waals surface area contributed by atoms with Crippen LogP contribution in [0.4, 0.5) is 11.5 Å². The van der Waals surface area contributed by atoms with E-state index in [4.69, 9.17) is 5.73 Å². The van der Waals surface area contributed by atoms with Gasteiger partial charge in [-0.05, 0) is 40.4 Å². The average molecular weight is 297 g/mol. The first-order valence-electron chi connectivity index (χ1n) is 7.40. The van der Waals surface area contributed by atoms with Gasteiger partial charge in [0.2, 0.25) is 0 Å². The van der Waals surface area contributed by atoms with Crippen LogP contribution in [0.25, 0.3) is 0 Å². The van der Waals surface area contributed by atoms with Crippen molar-refractivity contribution in [3.05, 3.63) is 20.8 Å². The van der Waals surface area contributed by atoms with Crippen molar-refractivity contribution in [1.82, 2.24) is 14.5 Å². The Kier molecular flexibility index (Phi) is 6.48. The summed E-state index contributed by atoms with van der Waals surface area (Å²) in [6.45, 7) is 5.44. The van der Waals surface area contributed by atoms with Crippen molar-refractivity contribution in [3.63, 3.8) is 0 Å². The van der Waals surface area contributed by atoms with Crippen LogP contribution < -0.4 is 22.3 Å². The number of unbranched alkanes of at least 4 members (excludes halogenated alkanes) is 1. The minimum Gasteiger partial charge on any atom is -0.383 e. The normalized spacial score (nSPS) is 12.6. The van der Waals surface area contributed by atoms with Gasteiger partial charge in [-0.3, -0.25) is 14.3 Å². The Balaban J connectivity index is 2.96. The van der Waals surface area contributed by atoms with E-state index in [0.717, 1.165) is 25.8 Å². The third-order valence-electron chi connectivity index (χ3n) is 3.37. The van der Waals surface area contributed by atoms with Gasteiger partial charge in [-0.15, -0.1) is 0 Å². The van der Waals surface area contributed by atoms with Gasteiger partial charge >= 0.3 is 5.69 Å². The highest BCUT2D eigenvalue weighted by atomic mass is 16.2. The molecule has 7 nitrogen and oxygen atoms in total. The number of nitrogens with one attached hydrogen (secondary N) is 2. The second-order valence-corrected chi connectivity index (χ2v) is 5.66. The maximum Gasteiger partial charge on any atom is 0.330 e. The molecule has 7 heteroatoms. The van der Waals surface area contributed by atoms with Crippen molar-refractivity contribution >= 4 is 11.5 Å². The van der Waals surface area contributed by atoms with Crippen LogP contribution in [0.1, 0.15) is 33.1 Å². The van der Waals surface area contributed by atoms with Gasteiger partial charge in [0.15, 0.2) is 0 Å². The Bertz CT molecular complexity index is 561. The molecule has 0 aliphatic heterocycles. The molecular formula is C14H27N5O2. The number of hydrogen-bond acceptors (Lipinski definition) is 5. The lowest BCUT2D eigenvalue weighted by molar-refractivity contribution is 0.390. The van der Waals surface area contributed by atoms with Gasteiger partial charge in [0.25, 0.3) is 5.56 Å². The molecule has 1 aromatic rings. The molecule has 0 amide bonds. The van der Waals surface area contributed by atoms with E-state index in [1.54, 1.807) is 0 Å². The van der Waals surface area contributed by atoms with E-state index in [-0.39, 0.29) is 17.5 Å². The number of H-pyrrole nitrogens is 1. The first-order valence-corrected chi connectivity index (χ1v) is 7.40. The molecule has 1 unspecified atom stereocenters. The highest BCUT2D eigenvalue weighted by Gasteiger charge is 2.14. The minimum atomic E-state index is -0.457. The third-order valence-corrected chi connectivity index (χ3v) is 3.37. The molecule has 0 saturated heterocycles. The van der Waals surface area contributed by atoms with Crippen LogP contribution in [0.2, 0.25) is 0 Å². The molecule has 0 bridgehead atoms. The fraction of sp³-hybridized carbons (Fsp3) is 0.714. The van der Waals surface area contributed by atoms with Crippen LogP contribution in [-0.2, 0) is 6.54 Å². The third kappa shape index (κ3) is 4.93. The van der Waals surface area contributed by atoms with Gasteiger partial charge in [0, 0.05) is 12.6 Å². The molecule has 0 aliphatic rings. The molecule has 1 aromatic heterocycles. The molecule has 1 heterocycles. The quantitative estimate of drug-likeness (QED) is 0.655. The number of nitrogens with two attached hydrogens (primary N) is 1. The van der Waals surface area contributed by atoms with Crippen molar-refractivity contribution in [2.75, 3.05) is 31.7 Å². The summed E-state index contributed by atoms with van der Waals surface area (Å²) in [7, 11) is 4.00. The number of aromatic nitrogens is 2. The zero-order chi connectivity index (χ0) is 16.0. The van der Waals surface area contributed by atoms with E-state index >= 15 is 0 Å². The van der Waals surface area contributed by atoms with Crippen LogP contribution in [0.3, 0.4) is 0 Å². The molecule has 1 rings (SSSR count). The Hall–Kier alpha value is -1.76. The highest BCUT2D eigenvalue weighted by molar-refractivity contribution is 5.60. The van der Waals surface area contributed by atoms with Gasteiger partial charge in [0.05, 0.1) is 0 Å². The number of anilines is 2. The Labute approximate surface area is 125 Å². The van der Waals surface area contributed by atoms with Gasteiger partial charge in [-0.1, -0.05) is 13.3 Å². The van der Waals surface area contributed by atoms with E-state index < -0.39 is 11.2 Å². The molecule has 0 radical (unpaired) electrons. The largest absolute Gasteiger partial charge is 0.383 e. The maximum absolute atomic E-state index is 11.9. The molecule has 0 spiro atoms. The van der Waals surface area contributed by atoms with E-state index in [2.05, 4.69) is 15.2 Å². The molecule has 0 fully saturated rings. The molecule has 0 aliphatic carbocycles. The summed E-state index contributed by atoms with van der Waals surface area (Å²) >= 11 is 0. The summed E-state index contributed by atoms with van der Waals surface area (Å²) in [5, 5.41) is 3.12. The number of aromatic amines is 1. The van der Waals surface area contributed by atoms with Crippen molar-refractivity contribution in [3.8, 4) is 0 Å². The SMILES string of the molecule is CCCCn1c(N)c(NC(C)CCN(C)C)c(=O)[nH]c1=O. The summed E-state index contributed by atoms with van der Waals surface area (Å²) in [5.41, 5.74) is 5.39. The molecule has 0 aromatic carbocycles. The van der Waals surface area contributed by atoms with Gasteiger partial charge in [0.1, 0.15) is 11.5 Å². The second kappa shape index (κ2) is 7.87. The summed E-state index contributed by atoms with van der Waals surface area (Å²) in [4.78, 5) is 28.2. The lowest BCUT2D eigenvalue weighted by Crippen LogP contribution is -2.36. The number of nitrogen functional groups attached to an aromatic ring is 1. The fourth-order valence-corrected chi connectivity index (χ4v) is 2.04. The highest BCUT2D eigenvalue weighted by Crippen LogP contribution is 2.13. The summed E-state index contributed by atoms with van der Waals surface area (Å²) < 4.78 is 1.42. The van der Waals surface area contributed by atoms with Gasteiger partial charge < -0.3 is 16.0 Å². The predicted molar refractivity (Wildman–Crippen MR) is 86.9 cm³/mol. The predicted octanol–water partition coefficient (Wildman–Crippen LogP) is 0.671. The zero-order valence-electron chi connectivity index (χ0n) is 13.4. The molecule has 21 heavy (non-hydrogen) atoms. The second-order valence-electron chi connectivity index (χ2n) is 5.66. The van der Waals surface area contributed by atoms with Crippen molar-refractivity contribution < 1.29 is 0 Å². The molecule has 120 valence electrons. The Morgan fingerprint density at radius 1 is 1.38 bits per heavy atom. The summed E-state index contributed by atoms with van der Waals surface area (Å²) in [6.07, 6.45) is 2.67. The van der Waals surface area contributed by atoms with E-state index in [1.165, 1.54) is 4.57 Å². The summed E-state index contributed by atoms with van der Waals surface area (Å²) in [6, 6.07) is 0.0907. The number of nitrogens with zero attached hydrogens (tertiary/aromatic N) is 2. The summed E-state index contributed by atoms with van der Waals surface area (Å²) in [5.74, 6) is 0.217. The molecule has 1 atom stereocenters. The lowest BCUT2D eigenvalue weighted by Gasteiger charge is -2.19. The number of hydrogen-bond donors (Lipinski definition) is 3. The lowest BCUT2D eigenvalue weighted by atomic mass is 10.2. The topological polar surface area (TPSA) is 96.2 Å². The van der Waals surface area contributed by atoms with Crippen LogP contribution in [0.15, 0.2) is 9.59 Å². The van der Waals surface area contributed by atoms with E-state index in [0.29, 0.717) is 6.54 Å². The van der Waals surface area contributed by atoms with Gasteiger partial charge in [-0.2, -0.15) is 0 Å². The maximum atomic E-state index is 11.9. The van der Waals surface area contributed by atoms with Crippen molar-refractivity contribution in [2.45, 2.75) is 45.7 Å². The minimum absolute atomic E-state index is 0.0907. The van der Waals surface area contributed by atoms with E-state index in [1.807, 2.05) is 27.9 Å².